The van der Waals surface area contributed by atoms with E-state index in [1.54, 1.807) is 24.9 Å². The Morgan fingerprint density at radius 3 is 2.26 bits per heavy atom. The Morgan fingerprint density at radius 2 is 1.70 bits per heavy atom. The largest absolute Gasteiger partial charge is 0.396 e. The van der Waals surface area contributed by atoms with Crippen LogP contribution in [0, 0.1) is 25.7 Å². The normalized spacial score (nSPS) is 13.9. The van der Waals surface area contributed by atoms with E-state index in [9.17, 15) is 14.4 Å². The highest BCUT2D eigenvalue weighted by Crippen LogP contribution is 2.30. The van der Waals surface area contributed by atoms with E-state index in [2.05, 4.69) is 68.8 Å². The highest BCUT2D eigenvalue weighted by molar-refractivity contribution is 6.13. The lowest BCUT2D eigenvalue weighted by Gasteiger charge is -2.32. The van der Waals surface area contributed by atoms with Crippen molar-refractivity contribution in [2.45, 2.75) is 100 Å². The minimum absolute atomic E-state index is 0.0168. The van der Waals surface area contributed by atoms with Gasteiger partial charge in [-0.25, -0.2) is 14.6 Å². The number of aryl methyl sites for hydroxylation is 1. The van der Waals surface area contributed by atoms with Gasteiger partial charge in [0.2, 0.25) is 12.3 Å². The summed E-state index contributed by atoms with van der Waals surface area (Å²) < 4.78 is 1.75. The number of likely N-dealkylation sites (tertiary alicyclic amines) is 1. The number of aromatic nitrogens is 4. The van der Waals surface area contributed by atoms with Gasteiger partial charge in [0.25, 0.3) is 5.91 Å². The van der Waals surface area contributed by atoms with Gasteiger partial charge in [-0.15, -0.1) is 0 Å². The molecule has 4 N–H and O–H groups in total. The summed E-state index contributed by atoms with van der Waals surface area (Å²) in [7, 11) is 5.45. The van der Waals surface area contributed by atoms with E-state index in [1.807, 2.05) is 43.9 Å². The molecule has 3 aromatic rings. The summed E-state index contributed by atoms with van der Waals surface area (Å²) in [6.45, 7) is 22.0. The van der Waals surface area contributed by atoms with E-state index in [4.69, 9.17) is 15.9 Å². The number of nitrogens with one attached hydrogen (secondary N) is 1. The van der Waals surface area contributed by atoms with Crippen molar-refractivity contribution in [3.05, 3.63) is 53.0 Å². The molecular formula is C41H69N9O4. The van der Waals surface area contributed by atoms with Gasteiger partial charge < -0.3 is 30.9 Å². The maximum atomic E-state index is 13.5. The van der Waals surface area contributed by atoms with Gasteiger partial charge in [0.05, 0.1) is 11.4 Å². The highest BCUT2D eigenvalue weighted by atomic mass is 16.3. The summed E-state index contributed by atoms with van der Waals surface area (Å²) in [5.74, 6) is 1.12. The summed E-state index contributed by atoms with van der Waals surface area (Å²) in [6.07, 6.45) is 10.4. The van der Waals surface area contributed by atoms with E-state index in [-0.39, 0.29) is 29.4 Å². The molecule has 0 aliphatic carbocycles. The summed E-state index contributed by atoms with van der Waals surface area (Å²) in [5.41, 5.74) is 11.1. The molecule has 1 saturated heterocycles. The van der Waals surface area contributed by atoms with Crippen LogP contribution < -0.4 is 11.1 Å². The van der Waals surface area contributed by atoms with Crippen LogP contribution in [-0.4, -0.2) is 112 Å². The first-order valence-electron chi connectivity index (χ1n) is 19.4. The SMILES string of the molecule is CC.CC(C)CCO.CCc1ccc(NC(=O)c2nn(C3CCCN(C(=O)/C=C/CN(C)CCC(C)C)C3)c3ncnc(N)c23)c(C)c1C.CN(C)C=O. The lowest BCUT2D eigenvalue weighted by molar-refractivity contribution is -0.127. The van der Waals surface area contributed by atoms with Crippen LogP contribution in [0.1, 0.15) is 107 Å². The standard InChI is InChI=1S/C31H44N8O2.C5H12O.C3H7NO.C2H6/c1-7-23-12-13-25(22(5)21(23)4)35-31(41)28-27-29(32)33-19-34-30(27)39(36-28)24-10-8-16-38(18-24)26(40)11-9-15-37(6)17-14-20(2)3;1-5(2)3-4-6;1-4(2)3-5;1-2/h9,11-13,19-20,24H,7-8,10,14-18H2,1-6H3,(H,35,41)(H2,32,33,34);5-6H,3-4H2,1-2H3;3H,1-2H3;1-2H3/b11-9+;;;. The van der Waals surface area contributed by atoms with E-state index in [0.717, 1.165) is 68.4 Å². The van der Waals surface area contributed by atoms with Crippen LogP contribution in [0.3, 0.4) is 0 Å². The first kappa shape index (κ1) is 47.7. The van der Waals surface area contributed by atoms with E-state index >= 15 is 0 Å². The molecule has 0 radical (unpaired) electrons. The zero-order valence-corrected chi connectivity index (χ0v) is 35.1. The first-order valence-corrected chi connectivity index (χ1v) is 19.4. The lowest BCUT2D eigenvalue weighted by Crippen LogP contribution is -2.40. The molecule has 0 saturated carbocycles. The van der Waals surface area contributed by atoms with Gasteiger partial charge in [-0.3, -0.25) is 14.4 Å². The third-order valence-corrected chi connectivity index (χ3v) is 9.00. The van der Waals surface area contributed by atoms with Crippen molar-refractivity contribution < 1.29 is 19.5 Å². The van der Waals surface area contributed by atoms with Gasteiger partial charge in [0, 0.05) is 52.1 Å². The number of nitrogens with two attached hydrogens (primary N) is 1. The van der Waals surface area contributed by atoms with Crippen LogP contribution in [0.15, 0.2) is 30.6 Å². The molecule has 13 nitrogen and oxygen atoms in total. The van der Waals surface area contributed by atoms with Gasteiger partial charge >= 0.3 is 0 Å². The Bertz CT molecular complexity index is 1620. The maximum absolute atomic E-state index is 13.5. The number of nitrogens with zero attached hydrogens (tertiary/aromatic N) is 7. The molecule has 54 heavy (non-hydrogen) atoms. The molecule has 1 aromatic carbocycles. The monoisotopic (exact) mass is 752 g/mol. The molecule has 2 aromatic heterocycles. The molecular weight excluding hydrogens is 683 g/mol. The minimum Gasteiger partial charge on any atom is -0.396 e. The maximum Gasteiger partial charge on any atom is 0.277 e. The van der Waals surface area contributed by atoms with E-state index < -0.39 is 0 Å². The second-order valence-electron chi connectivity index (χ2n) is 14.5. The molecule has 13 heteroatoms. The van der Waals surface area contributed by atoms with Crippen molar-refractivity contribution in [1.29, 1.82) is 0 Å². The van der Waals surface area contributed by atoms with Gasteiger partial charge in [-0.1, -0.05) is 60.6 Å². The van der Waals surface area contributed by atoms with Crippen molar-refractivity contribution in [2.75, 3.05) is 65.0 Å². The van der Waals surface area contributed by atoms with Crippen LogP contribution >= 0.6 is 0 Å². The Labute approximate surface area is 324 Å². The fourth-order valence-electron chi connectivity index (χ4n) is 5.61. The topological polar surface area (TPSA) is 163 Å². The number of carbonyl (C=O) groups is 3. The summed E-state index contributed by atoms with van der Waals surface area (Å²) in [6, 6.07) is 3.83. The number of anilines is 2. The molecule has 1 atom stereocenters. The number of aliphatic hydroxyl groups excluding tert-OH is 1. The van der Waals surface area contributed by atoms with E-state index in [0.29, 0.717) is 42.6 Å². The van der Waals surface area contributed by atoms with E-state index in [1.165, 1.54) is 16.8 Å². The Kier molecular flexibility index (Phi) is 21.9. The summed E-state index contributed by atoms with van der Waals surface area (Å²) in [4.78, 5) is 50.1. The van der Waals surface area contributed by atoms with Crippen LogP contribution in [0.25, 0.3) is 11.0 Å². The second kappa shape index (κ2) is 24.9. The number of nitrogen functional groups attached to an aromatic ring is 1. The summed E-state index contributed by atoms with van der Waals surface area (Å²) >= 11 is 0. The number of fused-ring (bicyclic) bond motifs is 1. The highest BCUT2D eigenvalue weighted by Gasteiger charge is 2.29. The zero-order chi connectivity index (χ0) is 41.0. The van der Waals surface area contributed by atoms with Crippen molar-refractivity contribution in [1.82, 2.24) is 34.4 Å². The van der Waals surface area contributed by atoms with Crippen LogP contribution in [0.4, 0.5) is 11.5 Å². The smallest absolute Gasteiger partial charge is 0.277 e. The quantitative estimate of drug-likeness (QED) is 0.135. The fraction of sp³-hybridized carbons (Fsp3) is 0.610. The number of benzene rings is 1. The molecule has 1 aliphatic rings. The molecule has 3 amide bonds. The number of carbonyl (C=O) groups excluding carboxylic acids is 3. The number of aliphatic hydroxyl groups is 1. The predicted octanol–water partition coefficient (Wildman–Crippen LogP) is 6.29. The lowest BCUT2D eigenvalue weighted by atomic mass is 10.00. The number of piperidine rings is 1. The molecule has 0 bridgehead atoms. The molecule has 0 spiro atoms. The number of hydrogen-bond acceptors (Lipinski definition) is 9. The van der Waals surface area contributed by atoms with Crippen molar-refractivity contribution in [2.24, 2.45) is 11.8 Å². The van der Waals surface area contributed by atoms with Gasteiger partial charge in [-0.05, 0) is 94.1 Å². The van der Waals surface area contributed by atoms with Crippen molar-refractivity contribution >= 4 is 40.8 Å². The number of hydrogen-bond donors (Lipinski definition) is 3. The van der Waals surface area contributed by atoms with Gasteiger partial charge in [0.1, 0.15) is 12.1 Å². The molecule has 1 unspecified atom stereocenters. The Morgan fingerprint density at radius 1 is 1.06 bits per heavy atom. The van der Waals surface area contributed by atoms with Gasteiger partial charge in [0.15, 0.2) is 11.3 Å². The Hall–Kier alpha value is -4.36. The average molecular weight is 752 g/mol. The number of likely N-dealkylation sites (N-methyl/N-ethyl adjacent to an activating group) is 1. The van der Waals surface area contributed by atoms with Crippen LogP contribution in [0.5, 0.6) is 0 Å². The number of amides is 3. The van der Waals surface area contributed by atoms with Gasteiger partial charge in [-0.2, -0.15) is 5.10 Å². The minimum atomic E-state index is -0.365. The van der Waals surface area contributed by atoms with Crippen molar-refractivity contribution in [3.63, 3.8) is 0 Å². The summed E-state index contributed by atoms with van der Waals surface area (Å²) in [5, 5.41) is 16.4. The predicted molar refractivity (Wildman–Crippen MR) is 222 cm³/mol. The van der Waals surface area contributed by atoms with Crippen LogP contribution in [-0.2, 0) is 16.0 Å². The second-order valence-corrected chi connectivity index (χ2v) is 14.5. The fourth-order valence-corrected chi connectivity index (χ4v) is 5.61. The third kappa shape index (κ3) is 15.2. The third-order valence-electron chi connectivity index (χ3n) is 9.00. The zero-order valence-electron chi connectivity index (χ0n) is 35.1. The molecule has 1 fully saturated rings. The molecule has 4 rings (SSSR count). The molecule has 3 heterocycles. The molecule has 302 valence electrons. The molecule has 1 aliphatic heterocycles. The average Bonchev–Trinajstić information content (AvgIpc) is 3.55. The Balaban J connectivity index is 0.000000969. The van der Waals surface area contributed by atoms with Crippen molar-refractivity contribution in [3.8, 4) is 0 Å². The number of rotatable bonds is 13. The van der Waals surface area contributed by atoms with Crippen LogP contribution in [0.2, 0.25) is 0 Å². The first-order chi connectivity index (χ1) is 25.6.